The van der Waals surface area contributed by atoms with Crippen LogP contribution in [0.15, 0.2) is 54.6 Å². The number of hydrogen-bond acceptors (Lipinski definition) is 4. The first-order chi connectivity index (χ1) is 12.4. The Morgan fingerprint density at radius 3 is 2.19 bits per heavy atom. The fourth-order valence-corrected chi connectivity index (χ4v) is 3.58. The lowest BCUT2D eigenvalue weighted by Gasteiger charge is -2.17. The van der Waals surface area contributed by atoms with Crippen molar-refractivity contribution < 1.29 is 19.8 Å². The number of phenols is 1. The van der Waals surface area contributed by atoms with E-state index in [-0.39, 0.29) is 16.5 Å². The molecular formula is C20H17NO4S. The molecular weight excluding hydrogens is 350 g/mol. The summed E-state index contributed by atoms with van der Waals surface area (Å²) in [5, 5.41) is 19.0. The van der Waals surface area contributed by atoms with Gasteiger partial charge in [-0.2, -0.15) is 0 Å². The molecule has 0 unspecified atom stereocenters. The second kappa shape index (κ2) is 7.01. The van der Waals surface area contributed by atoms with Gasteiger partial charge in [0.05, 0.1) is 5.69 Å². The van der Waals surface area contributed by atoms with Gasteiger partial charge in [0.25, 0.3) is 5.91 Å². The van der Waals surface area contributed by atoms with Crippen LogP contribution in [0.1, 0.15) is 25.6 Å². The van der Waals surface area contributed by atoms with E-state index in [1.54, 1.807) is 37.4 Å². The maximum atomic E-state index is 12.7. The third-order valence-corrected chi connectivity index (χ3v) is 5.18. The van der Waals surface area contributed by atoms with Gasteiger partial charge in [-0.05, 0) is 55.0 Å². The van der Waals surface area contributed by atoms with Crippen molar-refractivity contribution >= 4 is 28.9 Å². The lowest BCUT2D eigenvalue weighted by molar-refractivity contribution is 0.0703. The average Bonchev–Trinajstić information content (AvgIpc) is 3.07. The first kappa shape index (κ1) is 17.7. The van der Waals surface area contributed by atoms with E-state index in [1.165, 1.54) is 17.0 Å². The molecule has 0 aliphatic carbocycles. The van der Waals surface area contributed by atoms with Gasteiger partial charge < -0.3 is 15.1 Å². The lowest BCUT2D eigenvalue weighted by Crippen LogP contribution is -2.27. The molecule has 1 amide bonds. The van der Waals surface area contributed by atoms with Crippen LogP contribution in [0.5, 0.6) is 5.75 Å². The molecule has 6 heteroatoms. The third kappa shape index (κ3) is 3.45. The van der Waals surface area contributed by atoms with Gasteiger partial charge in [0.15, 0.2) is 0 Å². The Labute approximate surface area is 154 Å². The van der Waals surface area contributed by atoms with Crippen molar-refractivity contribution in [1.82, 2.24) is 0 Å². The van der Waals surface area contributed by atoms with Crippen molar-refractivity contribution in [2.24, 2.45) is 0 Å². The topological polar surface area (TPSA) is 77.8 Å². The molecule has 2 aromatic carbocycles. The predicted octanol–water partition coefficient (Wildman–Crippen LogP) is 4.40. The molecule has 0 bridgehead atoms. The van der Waals surface area contributed by atoms with Crippen LogP contribution in [0.3, 0.4) is 0 Å². The molecule has 3 rings (SSSR count). The average molecular weight is 367 g/mol. The van der Waals surface area contributed by atoms with Crippen LogP contribution in [0.4, 0.5) is 5.69 Å². The molecule has 1 heterocycles. The molecule has 0 fully saturated rings. The number of carboxylic acid groups (broad SMARTS) is 1. The van der Waals surface area contributed by atoms with E-state index in [0.29, 0.717) is 16.1 Å². The Kier molecular flexibility index (Phi) is 4.77. The second-order valence-electron chi connectivity index (χ2n) is 5.91. The van der Waals surface area contributed by atoms with Gasteiger partial charge in [0, 0.05) is 17.5 Å². The van der Waals surface area contributed by atoms with Gasteiger partial charge in [0.1, 0.15) is 10.6 Å². The number of carbonyl (C=O) groups excluding carboxylic acids is 1. The third-order valence-electron chi connectivity index (χ3n) is 4.02. The Morgan fingerprint density at radius 1 is 1.00 bits per heavy atom. The molecule has 5 nitrogen and oxygen atoms in total. The Balaban J connectivity index is 2.00. The summed E-state index contributed by atoms with van der Waals surface area (Å²) in [5.74, 6) is -1.23. The lowest BCUT2D eigenvalue weighted by atomic mass is 10.1. The number of carbonyl (C=O) groups is 2. The van der Waals surface area contributed by atoms with E-state index >= 15 is 0 Å². The zero-order valence-electron chi connectivity index (χ0n) is 14.3. The van der Waals surface area contributed by atoms with Crippen LogP contribution in [0.25, 0.3) is 10.4 Å². The SMILES string of the molecule is Cc1ccc(C(=O)N(C)c2cc(-c3ccc(O)cc3)sc2C(=O)O)cc1. The van der Waals surface area contributed by atoms with Crippen molar-refractivity contribution in [3.63, 3.8) is 0 Å². The first-order valence-electron chi connectivity index (χ1n) is 7.88. The standard InChI is InChI=1S/C20H17NO4S/c1-12-3-5-14(6-4-12)19(23)21(2)16-11-17(26-18(16)20(24)25)13-7-9-15(22)10-8-13/h3-11,22H,1-2H3,(H,24,25). The Bertz CT molecular complexity index is 958. The maximum Gasteiger partial charge on any atom is 0.348 e. The summed E-state index contributed by atoms with van der Waals surface area (Å²) < 4.78 is 0. The van der Waals surface area contributed by atoms with E-state index in [0.717, 1.165) is 22.5 Å². The molecule has 0 aliphatic heterocycles. The smallest absolute Gasteiger partial charge is 0.348 e. The molecule has 3 aromatic rings. The summed E-state index contributed by atoms with van der Waals surface area (Å²) in [7, 11) is 1.57. The van der Waals surface area contributed by atoms with Crippen LogP contribution in [-0.4, -0.2) is 29.1 Å². The van der Waals surface area contributed by atoms with E-state index in [4.69, 9.17) is 0 Å². The zero-order valence-corrected chi connectivity index (χ0v) is 15.1. The molecule has 0 spiro atoms. The quantitative estimate of drug-likeness (QED) is 0.716. The van der Waals surface area contributed by atoms with E-state index in [2.05, 4.69) is 0 Å². The highest BCUT2D eigenvalue weighted by atomic mass is 32.1. The van der Waals surface area contributed by atoms with Crippen LogP contribution in [-0.2, 0) is 0 Å². The normalized spacial score (nSPS) is 10.5. The highest BCUT2D eigenvalue weighted by molar-refractivity contribution is 7.18. The van der Waals surface area contributed by atoms with Crippen LogP contribution in [0, 0.1) is 6.92 Å². The van der Waals surface area contributed by atoms with Gasteiger partial charge in [-0.15, -0.1) is 11.3 Å². The van der Waals surface area contributed by atoms with Crippen molar-refractivity contribution in [3.8, 4) is 16.2 Å². The van der Waals surface area contributed by atoms with Crippen LogP contribution < -0.4 is 4.90 Å². The first-order valence-corrected chi connectivity index (χ1v) is 8.69. The predicted molar refractivity (Wildman–Crippen MR) is 102 cm³/mol. The maximum absolute atomic E-state index is 12.7. The molecule has 1 aromatic heterocycles. The molecule has 0 atom stereocenters. The number of aromatic carboxylic acids is 1. The number of benzene rings is 2. The second-order valence-corrected chi connectivity index (χ2v) is 6.96. The number of amides is 1. The van der Waals surface area contributed by atoms with Crippen molar-refractivity contribution in [3.05, 3.63) is 70.6 Å². The summed E-state index contributed by atoms with van der Waals surface area (Å²) in [6.45, 7) is 1.93. The van der Waals surface area contributed by atoms with E-state index in [9.17, 15) is 19.8 Å². The molecule has 2 N–H and O–H groups in total. The van der Waals surface area contributed by atoms with E-state index in [1.807, 2.05) is 19.1 Å². The number of anilines is 1. The fourth-order valence-electron chi connectivity index (χ4n) is 2.55. The molecule has 26 heavy (non-hydrogen) atoms. The molecule has 132 valence electrons. The summed E-state index contributed by atoms with van der Waals surface area (Å²) in [4.78, 5) is 26.5. The summed E-state index contributed by atoms with van der Waals surface area (Å²) in [5.41, 5.74) is 2.65. The molecule has 0 saturated carbocycles. The number of aryl methyl sites for hydroxylation is 1. The molecule has 0 aliphatic rings. The zero-order chi connectivity index (χ0) is 18.8. The number of thiophene rings is 1. The Morgan fingerprint density at radius 2 is 1.62 bits per heavy atom. The van der Waals surface area contributed by atoms with Gasteiger partial charge in [-0.25, -0.2) is 4.79 Å². The van der Waals surface area contributed by atoms with Gasteiger partial charge in [-0.1, -0.05) is 17.7 Å². The van der Waals surface area contributed by atoms with Crippen molar-refractivity contribution in [2.45, 2.75) is 6.92 Å². The van der Waals surface area contributed by atoms with Gasteiger partial charge >= 0.3 is 5.97 Å². The van der Waals surface area contributed by atoms with E-state index < -0.39 is 5.97 Å². The van der Waals surface area contributed by atoms with Crippen molar-refractivity contribution in [1.29, 1.82) is 0 Å². The number of carboxylic acids is 1. The Hall–Kier alpha value is -3.12. The van der Waals surface area contributed by atoms with Crippen LogP contribution in [0.2, 0.25) is 0 Å². The largest absolute Gasteiger partial charge is 0.508 e. The molecule has 0 radical (unpaired) electrons. The minimum Gasteiger partial charge on any atom is -0.508 e. The highest BCUT2D eigenvalue weighted by Crippen LogP contribution is 2.37. The summed E-state index contributed by atoms with van der Waals surface area (Å²) in [6, 6.07) is 15.3. The summed E-state index contributed by atoms with van der Waals surface area (Å²) in [6.07, 6.45) is 0. The minimum atomic E-state index is -1.08. The van der Waals surface area contributed by atoms with Gasteiger partial charge in [-0.3, -0.25) is 4.79 Å². The number of phenolic OH excluding ortho intramolecular Hbond substituents is 1. The number of nitrogens with zero attached hydrogens (tertiary/aromatic N) is 1. The number of aromatic hydroxyl groups is 1. The number of hydrogen-bond donors (Lipinski definition) is 2. The summed E-state index contributed by atoms with van der Waals surface area (Å²) >= 11 is 1.09. The number of rotatable bonds is 4. The van der Waals surface area contributed by atoms with Crippen LogP contribution >= 0.6 is 11.3 Å². The van der Waals surface area contributed by atoms with Crippen molar-refractivity contribution in [2.75, 3.05) is 11.9 Å². The monoisotopic (exact) mass is 367 g/mol. The molecule has 0 saturated heterocycles. The minimum absolute atomic E-state index is 0.0936. The highest BCUT2D eigenvalue weighted by Gasteiger charge is 2.23. The van der Waals surface area contributed by atoms with Gasteiger partial charge in [0.2, 0.25) is 0 Å². The fraction of sp³-hybridized carbons (Fsp3) is 0.100.